The van der Waals surface area contributed by atoms with Crippen molar-refractivity contribution in [1.29, 1.82) is 0 Å². The number of aryl methyl sites for hydroxylation is 1. The molecule has 30 heavy (non-hydrogen) atoms. The Morgan fingerprint density at radius 3 is 2.53 bits per heavy atom. The quantitative estimate of drug-likeness (QED) is 0.464. The van der Waals surface area contributed by atoms with Crippen LogP contribution in [0, 0.1) is 6.92 Å². The van der Waals surface area contributed by atoms with Gasteiger partial charge in [0.25, 0.3) is 5.89 Å². The number of aromatic nitrogens is 4. The van der Waals surface area contributed by atoms with Crippen LogP contribution in [-0.4, -0.2) is 31.1 Å². The highest BCUT2D eigenvalue weighted by Crippen LogP contribution is 2.35. The molecule has 0 atom stereocenters. The maximum absolute atomic E-state index is 11.7. The van der Waals surface area contributed by atoms with Gasteiger partial charge in [0.15, 0.2) is 11.4 Å². The lowest BCUT2D eigenvalue weighted by atomic mass is 10.0. The first-order valence-corrected chi connectivity index (χ1v) is 9.76. The van der Waals surface area contributed by atoms with Gasteiger partial charge in [0.2, 0.25) is 5.89 Å². The molecule has 2 heterocycles. The van der Waals surface area contributed by atoms with E-state index in [0.717, 1.165) is 16.7 Å². The zero-order chi connectivity index (χ0) is 21.4. The Hall–Kier alpha value is -3.45. The molecule has 7 nitrogen and oxygen atoms in total. The fourth-order valence-corrected chi connectivity index (χ4v) is 3.56. The minimum atomic E-state index is -1.24. The van der Waals surface area contributed by atoms with E-state index in [4.69, 9.17) is 16.0 Å². The third-order valence-electron chi connectivity index (χ3n) is 4.71. The van der Waals surface area contributed by atoms with E-state index in [1.54, 1.807) is 0 Å². The zero-order valence-electron chi connectivity index (χ0n) is 16.6. The SMILES string of the molecule is Cc1cccc(-c2nnc(-c3c(Cl)c(C(=O)O)nn3-c3ccccc3C(C)C)o2)c1. The van der Waals surface area contributed by atoms with E-state index >= 15 is 0 Å². The van der Waals surface area contributed by atoms with Gasteiger partial charge in [-0.3, -0.25) is 0 Å². The summed E-state index contributed by atoms with van der Waals surface area (Å²) in [4.78, 5) is 11.7. The Morgan fingerprint density at radius 1 is 1.10 bits per heavy atom. The average molecular weight is 423 g/mol. The summed E-state index contributed by atoms with van der Waals surface area (Å²) in [5.41, 5.74) is 3.46. The highest BCUT2D eigenvalue weighted by molar-refractivity contribution is 6.35. The summed E-state index contributed by atoms with van der Waals surface area (Å²) in [6.45, 7) is 6.06. The Bertz CT molecular complexity index is 1240. The Balaban J connectivity index is 1.92. The van der Waals surface area contributed by atoms with Gasteiger partial charge in [-0.1, -0.05) is 61.3 Å². The zero-order valence-corrected chi connectivity index (χ0v) is 17.4. The van der Waals surface area contributed by atoms with Gasteiger partial charge < -0.3 is 9.52 Å². The van der Waals surface area contributed by atoms with Crippen molar-refractivity contribution in [2.45, 2.75) is 26.7 Å². The van der Waals surface area contributed by atoms with Crippen LogP contribution in [0.2, 0.25) is 5.02 Å². The molecule has 2 aromatic carbocycles. The minimum Gasteiger partial charge on any atom is -0.476 e. The normalized spacial score (nSPS) is 11.2. The van der Waals surface area contributed by atoms with Crippen molar-refractivity contribution in [3.8, 4) is 28.7 Å². The molecule has 152 valence electrons. The lowest BCUT2D eigenvalue weighted by Crippen LogP contribution is -2.06. The van der Waals surface area contributed by atoms with Crippen molar-refractivity contribution in [2.24, 2.45) is 0 Å². The highest BCUT2D eigenvalue weighted by Gasteiger charge is 2.28. The molecule has 0 fully saturated rings. The molecule has 0 aliphatic heterocycles. The second-order valence-corrected chi connectivity index (χ2v) is 7.60. The number of carboxylic acid groups (broad SMARTS) is 1. The number of benzene rings is 2. The van der Waals surface area contributed by atoms with Crippen molar-refractivity contribution in [3.05, 3.63) is 70.4 Å². The Labute approximate surface area is 177 Å². The van der Waals surface area contributed by atoms with Gasteiger partial charge in [0, 0.05) is 5.56 Å². The predicted molar refractivity (Wildman–Crippen MR) is 113 cm³/mol. The van der Waals surface area contributed by atoms with Gasteiger partial charge in [-0.25, -0.2) is 9.48 Å². The molecule has 4 rings (SSSR count). The van der Waals surface area contributed by atoms with Crippen molar-refractivity contribution in [2.75, 3.05) is 0 Å². The van der Waals surface area contributed by atoms with Gasteiger partial charge in [-0.2, -0.15) is 5.10 Å². The van der Waals surface area contributed by atoms with E-state index in [-0.39, 0.29) is 28.2 Å². The van der Waals surface area contributed by atoms with Gasteiger partial charge in [0.05, 0.1) is 5.69 Å². The number of carboxylic acids is 1. The number of nitrogens with zero attached hydrogens (tertiary/aromatic N) is 4. The van der Waals surface area contributed by atoms with Crippen molar-refractivity contribution in [1.82, 2.24) is 20.0 Å². The van der Waals surface area contributed by atoms with E-state index in [1.165, 1.54) is 4.68 Å². The summed E-state index contributed by atoms with van der Waals surface area (Å²) in [7, 11) is 0. The smallest absolute Gasteiger partial charge is 0.358 e. The molecule has 0 aliphatic carbocycles. The van der Waals surface area contributed by atoms with Crippen LogP contribution in [0.15, 0.2) is 52.9 Å². The number of para-hydroxylation sites is 1. The standard InChI is InChI=1S/C22H19ClN4O3/c1-12(2)15-9-4-5-10-16(15)27-19(17(23)18(26-27)22(28)29)21-25-24-20(30-21)14-8-6-7-13(3)11-14/h4-12H,1-3H3,(H,28,29). The van der Waals surface area contributed by atoms with Crippen LogP contribution < -0.4 is 0 Å². The van der Waals surface area contributed by atoms with Crippen molar-refractivity contribution in [3.63, 3.8) is 0 Å². The molecule has 0 amide bonds. The van der Waals surface area contributed by atoms with Crippen LogP contribution in [0.25, 0.3) is 28.7 Å². The first-order valence-electron chi connectivity index (χ1n) is 9.39. The topological polar surface area (TPSA) is 94.0 Å². The molecule has 0 aliphatic rings. The van der Waals surface area contributed by atoms with Gasteiger partial charge in [-0.05, 0) is 36.6 Å². The van der Waals surface area contributed by atoms with Gasteiger partial charge in [0.1, 0.15) is 5.02 Å². The van der Waals surface area contributed by atoms with Crippen LogP contribution in [0.3, 0.4) is 0 Å². The summed E-state index contributed by atoms with van der Waals surface area (Å²) in [6.07, 6.45) is 0. The van der Waals surface area contributed by atoms with E-state index in [1.807, 2.05) is 69.3 Å². The molecular formula is C22H19ClN4O3. The number of halogens is 1. The van der Waals surface area contributed by atoms with Gasteiger partial charge in [-0.15, -0.1) is 10.2 Å². The van der Waals surface area contributed by atoms with E-state index in [0.29, 0.717) is 11.6 Å². The summed E-state index contributed by atoms with van der Waals surface area (Å²) < 4.78 is 7.35. The summed E-state index contributed by atoms with van der Waals surface area (Å²) >= 11 is 6.43. The molecule has 0 spiro atoms. The van der Waals surface area contributed by atoms with Crippen molar-refractivity contribution >= 4 is 17.6 Å². The predicted octanol–water partition coefficient (Wildman–Crippen LogP) is 5.37. The lowest BCUT2D eigenvalue weighted by Gasteiger charge is -2.13. The molecule has 2 aromatic heterocycles. The first-order chi connectivity index (χ1) is 14.4. The van der Waals surface area contributed by atoms with E-state index in [9.17, 15) is 9.90 Å². The van der Waals surface area contributed by atoms with Crippen LogP contribution in [0.1, 0.15) is 41.4 Å². The fourth-order valence-electron chi connectivity index (χ4n) is 3.28. The second-order valence-electron chi connectivity index (χ2n) is 7.22. The number of hydrogen-bond acceptors (Lipinski definition) is 5. The third-order valence-corrected chi connectivity index (χ3v) is 5.07. The molecule has 0 radical (unpaired) electrons. The van der Waals surface area contributed by atoms with Crippen LogP contribution >= 0.6 is 11.6 Å². The molecule has 0 bridgehead atoms. The number of aromatic carboxylic acids is 1. The monoisotopic (exact) mass is 422 g/mol. The number of carbonyl (C=O) groups is 1. The maximum atomic E-state index is 11.7. The molecular weight excluding hydrogens is 404 g/mol. The molecule has 1 N–H and O–H groups in total. The number of rotatable bonds is 5. The van der Waals surface area contributed by atoms with Crippen LogP contribution in [-0.2, 0) is 0 Å². The lowest BCUT2D eigenvalue weighted by molar-refractivity contribution is 0.0690. The molecule has 4 aromatic rings. The highest BCUT2D eigenvalue weighted by atomic mass is 35.5. The molecule has 0 saturated heterocycles. The third kappa shape index (κ3) is 3.48. The van der Waals surface area contributed by atoms with E-state index in [2.05, 4.69) is 15.3 Å². The molecule has 8 heteroatoms. The number of hydrogen-bond donors (Lipinski definition) is 1. The first kappa shape index (κ1) is 19.8. The fraction of sp³-hybridized carbons (Fsp3) is 0.182. The Morgan fingerprint density at radius 2 is 1.83 bits per heavy atom. The largest absolute Gasteiger partial charge is 0.476 e. The van der Waals surface area contributed by atoms with Crippen LogP contribution in [0.5, 0.6) is 0 Å². The summed E-state index contributed by atoms with van der Waals surface area (Å²) in [6, 6.07) is 15.2. The van der Waals surface area contributed by atoms with Crippen LogP contribution in [0.4, 0.5) is 0 Å². The molecule has 0 unspecified atom stereocenters. The van der Waals surface area contributed by atoms with E-state index < -0.39 is 5.97 Å². The summed E-state index contributed by atoms with van der Waals surface area (Å²) in [5, 5.41) is 22.0. The van der Waals surface area contributed by atoms with Crippen molar-refractivity contribution < 1.29 is 14.3 Å². The molecule has 0 saturated carbocycles. The second kappa shape index (κ2) is 7.76. The summed E-state index contributed by atoms with van der Waals surface area (Å²) in [5.74, 6) is -0.655. The Kier molecular flexibility index (Phi) is 5.13. The minimum absolute atomic E-state index is 0.0551. The van der Waals surface area contributed by atoms with Gasteiger partial charge >= 0.3 is 5.97 Å². The average Bonchev–Trinajstić information content (AvgIpc) is 3.32. The maximum Gasteiger partial charge on any atom is 0.358 e.